The van der Waals surface area contributed by atoms with Crippen molar-refractivity contribution in [1.82, 2.24) is 4.72 Å². The molecule has 0 aromatic heterocycles. The fourth-order valence-electron chi connectivity index (χ4n) is 1.24. The van der Waals surface area contributed by atoms with Crippen LogP contribution in [0, 0.1) is 0 Å². The number of benzene rings is 1. The highest BCUT2D eigenvalue weighted by Gasteiger charge is 2.09. The first-order valence-electron chi connectivity index (χ1n) is 5.49. The van der Waals surface area contributed by atoms with Crippen LogP contribution in [0.1, 0.15) is 0 Å². The summed E-state index contributed by atoms with van der Waals surface area (Å²) < 4.78 is 30.4. The molecule has 18 heavy (non-hydrogen) atoms. The first kappa shape index (κ1) is 15.3. The molecule has 0 unspecified atom stereocenters. The second kappa shape index (κ2) is 7.63. The summed E-state index contributed by atoms with van der Waals surface area (Å²) in [6.45, 7) is 0.676. The first-order valence-corrected chi connectivity index (χ1v) is 8.12. The van der Waals surface area contributed by atoms with E-state index in [4.69, 9.17) is 10.5 Å². The summed E-state index contributed by atoms with van der Waals surface area (Å²) in [6.07, 6.45) is 0. The summed E-state index contributed by atoms with van der Waals surface area (Å²) in [5.74, 6) is 0.534. The Hall–Kier alpha value is -0.760. The molecule has 0 saturated carbocycles. The van der Waals surface area contributed by atoms with Gasteiger partial charge in [0.1, 0.15) is 0 Å². The normalized spacial score (nSPS) is 11.6. The lowest BCUT2D eigenvalue weighted by Crippen LogP contribution is -2.30. The van der Waals surface area contributed by atoms with E-state index < -0.39 is 10.0 Å². The second-order valence-electron chi connectivity index (χ2n) is 3.59. The SMILES string of the molecule is COCCNS(=O)(=O)CCSc1ccccc1N. The van der Waals surface area contributed by atoms with Gasteiger partial charge in [-0.05, 0) is 12.1 Å². The fraction of sp³-hybridized carbons (Fsp3) is 0.455. The van der Waals surface area contributed by atoms with Gasteiger partial charge >= 0.3 is 0 Å². The highest BCUT2D eigenvalue weighted by atomic mass is 32.2. The summed E-state index contributed by atoms with van der Waals surface area (Å²) in [5.41, 5.74) is 6.44. The Bertz CT molecular complexity index is 463. The number of ether oxygens (including phenoxy) is 1. The molecule has 3 N–H and O–H groups in total. The van der Waals surface area contributed by atoms with Gasteiger partial charge in [-0.2, -0.15) is 0 Å². The van der Waals surface area contributed by atoms with Crippen LogP contribution >= 0.6 is 11.8 Å². The van der Waals surface area contributed by atoms with Crippen molar-refractivity contribution in [3.05, 3.63) is 24.3 Å². The average molecular weight is 290 g/mol. The van der Waals surface area contributed by atoms with Gasteiger partial charge in [-0.1, -0.05) is 12.1 Å². The zero-order valence-corrected chi connectivity index (χ0v) is 11.9. The molecule has 7 heteroatoms. The molecule has 0 aliphatic rings. The van der Waals surface area contributed by atoms with Crippen LogP contribution in [0.4, 0.5) is 5.69 Å². The highest BCUT2D eigenvalue weighted by molar-refractivity contribution is 8.00. The van der Waals surface area contributed by atoms with Gasteiger partial charge in [0.25, 0.3) is 0 Å². The lowest BCUT2D eigenvalue weighted by atomic mass is 10.3. The number of para-hydroxylation sites is 1. The Morgan fingerprint density at radius 3 is 2.78 bits per heavy atom. The predicted molar refractivity (Wildman–Crippen MR) is 75.2 cm³/mol. The van der Waals surface area contributed by atoms with E-state index in [-0.39, 0.29) is 5.75 Å². The molecule has 0 saturated heterocycles. The molecular weight excluding hydrogens is 272 g/mol. The zero-order chi connectivity index (χ0) is 13.4. The van der Waals surface area contributed by atoms with Gasteiger partial charge in [-0.25, -0.2) is 13.1 Å². The average Bonchev–Trinajstić information content (AvgIpc) is 2.32. The molecule has 0 aliphatic carbocycles. The number of nitrogen functional groups attached to an aromatic ring is 1. The third-order valence-electron chi connectivity index (χ3n) is 2.16. The van der Waals surface area contributed by atoms with Crippen LogP contribution < -0.4 is 10.5 Å². The summed E-state index contributed by atoms with van der Waals surface area (Å²) in [6, 6.07) is 7.41. The number of anilines is 1. The van der Waals surface area contributed by atoms with E-state index in [2.05, 4.69) is 4.72 Å². The maximum atomic E-state index is 11.6. The van der Waals surface area contributed by atoms with Crippen molar-refractivity contribution in [2.45, 2.75) is 4.90 Å². The lowest BCUT2D eigenvalue weighted by Gasteiger charge is -2.07. The number of sulfonamides is 1. The molecule has 1 aromatic carbocycles. The number of rotatable bonds is 8. The highest BCUT2D eigenvalue weighted by Crippen LogP contribution is 2.24. The maximum Gasteiger partial charge on any atom is 0.212 e. The minimum absolute atomic E-state index is 0.0652. The molecule has 0 spiro atoms. The van der Waals surface area contributed by atoms with Crippen molar-refractivity contribution in [1.29, 1.82) is 0 Å². The van der Waals surface area contributed by atoms with Gasteiger partial charge < -0.3 is 10.5 Å². The molecular formula is C11H18N2O3S2. The van der Waals surface area contributed by atoms with Crippen LogP contribution in [-0.4, -0.2) is 40.2 Å². The van der Waals surface area contributed by atoms with E-state index in [1.165, 1.54) is 18.9 Å². The topological polar surface area (TPSA) is 81.4 Å². The fourth-order valence-corrected chi connectivity index (χ4v) is 3.62. The van der Waals surface area contributed by atoms with E-state index >= 15 is 0 Å². The monoisotopic (exact) mass is 290 g/mol. The van der Waals surface area contributed by atoms with Crippen molar-refractivity contribution in [2.75, 3.05) is 37.5 Å². The second-order valence-corrected chi connectivity index (χ2v) is 6.66. The summed E-state index contributed by atoms with van der Waals surface area (Å²) in [5, 5.41) is 0. The first-order chi connectivity index (χ1) is 8.55. The lowest BCUT2D eigenvalue weighted by molar-refractivity contribution is 0.204. The summed E-state index contributed by atoms with van der Waals surface area (Å²) in [4.78, 5) is 0.907. The van der Waals surface area contributed by atoms with E-state index in [1.54, 1.807) is 6.07 Å². The third-order valence-corrected chi connectivity index (χ3v) is 4.89. The Labute approximate surface area is 112 Å². The largest absolute Gasteiger partial charge is 0.398 e. The van der Waals surface area contributed by atoms with Crippen LogP contribution in [0.15, 0.2) is 29.2 Å². The Morgan fingerprint density at radius 1 is 1.39 bits per heavy atom. The van der Waals surface area contributed by atoms with Gasteiger partial charge in [-0.15, -0.1) is 11.8 Å². The van der Waals surface area contributed by atoms with E-state index in [9.17, 15) is 8.42 Å². The number of thioether (sulfide) groups is 1. The number of nitrogens with one attached hydrogen (secondary N) is 1. The Morgan fingerprint density at radius 2 is 2.11 bits per heavy atom. The smallest absolute Gasteiger partial charge is 0.212 e. The minimum atomic E-state index is -3.23. The molecule has 102 valence electrons. The van der Waals surface area contributed by atoms with Crippen molar-refractivity contribution < 1.29 is 13.2 Å². The van der Waals surface area contributed by atoms with Crippen LogP contribution in [0.5, 0.6) is 0 Å². The van der Waals surface area contributed by atoms with Crippen molar-refractivity contribution >= 4 is 27.5 Å². The molecule has 5 nitrogen and oxygen atoms in total. The molecule has 0 amide bonds. The van der Waals surface area contributed by atoms with Crippen molar-refractivity contribution in [3.8, 4) is 0 Å². The van der Waals surface area contributed by atoms with Crippen molar-refractivity contribution in [3.63, 3.8) is 0 Å². The molecule has 0 bridgehead atoms. The number of nitrogens with two attached hydrogens (primary N) is 1. The van der Waals surface area contributed by atoms with Crippen molar-refractivity contribution in [2.24, 2.45) is 0 Å². The Kier molecular flexibility index (Phi) is 6.48. The minimum Gasteiger partial charge on any atom is -0.398 e. The molecule has 0 heterocycles. The van der Waals surface area contributed by atoms with E-state index in [1.807, 2.05) is 18.2 Å². The number of hydrogen-bond donors (Lipinski definition) is 2. The number of methoxy groups -OCH3 is 1. The van der Waals surface area contributed by atoms with Crippen LogP contribution in [0.2, 0.25) is 0 Å². The van der Waals surface area contributed by atoms with Gasteiger partial charge in [0.05, 0.1) is 12.4 Å². The predicted octanol–water partition coefficient (Wildman–Crippen LogP) is 0.927. The summed E-state index contributed by atoms with van der Waals surface area (Å²) in [7, 11) is -1.70. The zero-order valence-electron chi connectivity index (χ0n) is 10.3. The third kappa shape index (κ3) is 5.72. The Balaban J connectivity index is 2.35. The molecule has 0 aliphatic heterocycles. The van der Waals surface area contributed by atoms with Gasteiger partial charge in [0, 0.05) is 30.0 Å². The molecule has 0 atom stereocenters. The number of hydrogen-bond acceptors (Lipinski definition) is 5. The summed E-state index contributed by atoms with van der Waals surface area (Å²) >= 11 is 1.44. The standard InChI is InChI=1S/C11H18N2O3S2/c1-16-7-6-13-18(14,15)9-8-17-11-5-3-2-4-10(11)12/h2-5,13H,6-9,12H2,1H3. The van der Waals surface area contributed by atoms with Gasteiger partial charge in [0.2, 0.25) is 10.0 Å². The van der Waals surface area contributed by atoms with Gasteiger partial charge in [-0.3, -0.25) is 0 Å². The maximum absolute atomic E-state index is 11.6. The quantitative estimate of drug-likeness (QED) is 0.423. The molecule has 1 rings (SSSR count). The van der Waals surface area contributed by atoms with Crippen LogP contribution in [0.25, 0.3) is 0 Å². The van der Waals surface area contributed by atoms with E-state index in [0.29, 0.717) is 24.6 Å². The van der Waals surface area contributed by atoms with Crippen LogP contribution in [-0.2, 0) is 14.8 Å². The van der Waals surface area contributed by atoms with E-state index in [0.717, 1.165) is 4.90 Å². The molecule has 0 radical (unpaired) electrons. The van der Waals surface area contributed by atoms with Crippen LogP contribution in [0.3, 0.4) is 0 Å². The molecule has 1 aromatic rings. The molecule has 0 fully saturated rings. The van der Waals surface area contributed by atoms with Gasteiger partial charge in [0.15, 0.2) is 0 Å².